The van der Waals surface area contributed by atoms with Crippen LogP contribution in [0.25, 0.3) is 21.3 Å². The number of anilines is 1. The average Bonchev–Trinajstić information content (AvgIpc) is 2.94. The molecule has 20 heavy (non-hydrogen) atoms. The second-order valence-corrected chi connectivity index (χ2v) is 6.57. The number of nitrogens with two attached hydrogens (primary N) is 1. The van der Waals surface area contributed by atoms with Gasteiger partial charge in [-0.05, 0) is 0 Å². The zero-order valence-electron chi connectivity index (χ0n) is 11.2. The Morgan fingerprint density at radius 1 is 0.900 bits per heavy atom. The first-order chi connectivity index (χ1) is 9.75. The molecule has 0 aliphatic carbocycles. The molecular weight excluding hydrogens is 313 g/mol. The fourth-order valence-corrected chi connectivity index (χ4v) is 4.09. The van der Waals surface area contributed by atoms with Gasteiger partial charge >= 0.3 is 124 Å². The van der Waals surface area contributed by atoms with Crippen LogP contribution in [0.5, 0.6) is 0 Å². The molecule has 0 amide bonds. The van der Waals surface area contributed by atoms with Gasteiger partial charge in [-0.25, -0.2) is 0 Å². The standard InChI is InChI=1S/C16H15N3Se/c1-19(17)16-18-14(12-8-4-2-5-9-12)15(20-16)13-10-6-3-7-11-13/h2-11H,17H2,1H3. The molecule has 0 saturated carbocycles. The van der Waals surface area contributed by atoms with Crippen molar-refractivity contribution in [2.75, 3.05) is 12.1 Å². The van der Waals surface area contributed by atoms with Crippen LogP contribution in [-0.4, -0.2) is 26.5 Å². The summed E-state index contributed by atoms with van der Waals surface area (Å²) < 4.78 is 2.24. The molecule has 0 aliphatic rings. The van der Waals surface area contributed by atoms with Crippen molar-refractivity contribution < 1.29 is 0 Å². The number of nitrogens with zero attached hydrogens (tertiary/aromatic N) is 2. The molecule has 3 rings (SSSR count). The van der Waals surface area contributed by atoms with Gasteiger partial charge in [0, 0.05) is 0 Å². The molecule has 3 nitrogen and oxygen atoms in total. The van der Waals surface area contributed by atoms with E-state index in [1.165, 1.54) is 10.0 Å². The molecule has 100 valence electrons. The van der Waals surface area contributed by atoms with Gasteiger partial charge in [0.1, 0.15) is 0 Å². The summed E-state index contributed by atoms with van der Waals surface area (Å²) in [6.45, 7) is 0. The molecule has 0 unspecified atom stereocenters. The molecule has 2 N–H and O–H groups in total. The second kappa shape index (κ2) is 5.63. The van der Waals surface area contributed by atoms with E-state index in [1.54, 1.807) is 5.01 Å². The van der Waals surface area contributed by atoms with Crippen LogP contribution in [0.2, 0.25) is 0 Å². The van der Waals surface area contributed by atoms with E-state index in [9.17, 15) is 0 Å². The van der Waals surface area contributed by atoms with E-state index in [0.717, 1.165) is 15.9 Å². The third kappa shape index (κ3) is 2.54. The van der Waals surface area contributed by atoms with Crippen molar-refractivity contribution in [1.29, 1.82) is 0 Å². The molecule has 0 radical (unpaired) electrons. The fourth-order valence-electron chi connectivity index (χ4n) is 2.04. The van der Waals surface area contributed by atoms with Crippen molar-refractivity contribution >= 4 is 19.2 Å². The second-order valence-electron chi connectivity index (χ2n) is 4.52. The van der Waals surface area contributed by atoms with Crippen LogP contribution in [0.3, 0.4) is 0 Å². The van der Waals surface area contributed by atoms with Crippen molar-refractivity contribution in [2.45, 2.75) is 0 Å². The Hall–Kier alpha value is -1.87. The van der Waals surface area contributed by atoms with Crippen LogP contribution in [0.1, 0.15) is 0 Å². The van der Waals surface area contributed by atoms with Gasteiger partial charge in [-0.1, -0.05) is 0 Å². The maximum absolute atomic E-state index is 5.87. The van der Waals surface area contributed by atoms with E-state index < -0.39 is 0 Å². The summed E-state index contributed by atoms with van der Waals surface area (Å²) in [6.07, 6.45) is 0. The van der Waals surface area contributed by atoms with Gasteiger partial charge < -0.3 is 0 Å². The Balaban J connectivity index is 2.18. The number of hydrogen-bond donors (Lipinski definition) is 1. The van der Waals surface area contributed by atoms with Gasteiger partial charge in [0.15, 0.2) is 0 Å². The molecule has 4 heteroatoms. The van der Waals surface area contributed by atoms with Crippen LogP contribution < -0.4 is 10.9 Å². The van der Waals surface area contributed by atoms with Gasteiger partial charge in [0.2, 0.25) is 0 Å². The molecule has 2 aromatic carbocycles. The predicted molar refractivity (Wildman–Crippen MR) is 84.6 cm³/mol. The van der Waals surface area contributed by atoms with Gasteiger partial charge in [-0.15, -0.1) is 0 Å². The fraction of sp³-hybridized carbons (Fsp3) is 0.0625. The predicted octanol–water partition coefficient (Wildman–Crippen LogP) is 2.78. The summed E-state index contributed by atoms with van der Waals surface area (Å²) in [4.78, 5) is 4.74. The molecule has 1 heterocycles. The molecule has 0 bridgehead atoms. The number of benzene rings is 2. The summed E-state index contributed by atoms with van der Waals surface area (Å²) in [5.74, 6) is 5.87. The Kier molecular flexibility index (Phi) is 3.70. The molecule has 0 saturated heterocycles. The summed E-state index contributed by atoms with van der Waals surface area (Å²) in [5.41, 5.74) is 3.42. The first kappa shape index (κ1) is 13.1. The molecule has 3 aromatic rings. The summed E-state index contributed by atoms with van der Waals surface area (Å²) in [7, 11) is 1.84. The van der Waals surface area contributed by atoms with Gasteiger partial charge in [0.05, 0.1) is 0 Å². The minimum absolute atomic E-state index is 0.135. The van der Waals surface area contributed by atoms with Crippen molar-refractivity contribution in [3.63, 3.8) is 0 Å². The van der Waals surface area contributed by atoms with E-state index in [2.05, 4.69) is 36.4 Å². The number of hydrogen-bond acceptors (Lipinski definition) is 3. The monoisotopic (exact) mass is 329 g/mol. The van der Waals surface area contributed by atoms with Crippen molar-refractivity contribution in [2.24, 2.45) is 5.84 Å². The first-order valence-corrected chi connectivity index (χ1v) is 8.07. The average molecular weight is 328 g/mol. The molecule has 0 aliphatic heterocycles. The van der Waals surface area contributed by atoms with Crippen LogP contribution in [0, 0.1) is 0 Å². The van der Waals surface area contributed by atoms with Gasteiger partial charge in [-0.3, -0.25) is 0 Å². The van der Waals surface area contributed by atoms with Crippen LogP contribution in [0.4, 0.5) is 4.69 Å². The number of hydrazine groups is 1. The minimum atomic E-state index is 0.135. The maximum atomic E-state index is 5.87. The molecular formula is C16H15N3Se. The van der Waals surface area contributed by atoms with E-state index >= 15 is 0 Å². The van der Waals surface area contributed by atoms with Crippen LogP contribution in [0.15, 0.2) is 60.7 Å². The quantitative estimate of drug-likeness (QED) is 0.457. The van der Waals surface area contributed by atoms with Crippen LogP contribution >= 0.6 is 0 Å². The third-order valence-electron chi connectivity index (χ3n) is 3.00. The third-order valence-corrected chi connectivity index (χ3v) is 5.51. The number of aromatic nitrogens is 1. The zero-order chi connectivity index (χ0) is 13.9. The van der Waals surface area contributed by atoms with Crippen LogP contribution in [-0.2, 0) is 0 Å². The Labute approximate surface area is 124 Å². The Morgan fingerprint density at radius 2 is 1.45 bits per heavy atom. The first-order valence-electron chi connectivity index (χ1n) is 6.36. The summed E-state index contributed by atoms with van der Waals surface area (Å²) in [6, 6.07) is 20.7. The molecule has 1 aromatic heterocycles. The number of rotatable bonds is 3. The van der Waals surface area contributed by atoms with E-state index in [-0.39, 0.29) is 14.5 Å². The molecule has 0 fully saturated rings. The Bertz CT molecular complexity index is 633. The van der Waals surface area contributed by atoms with Crippen molar-refractivity contribution in [3.8, 4) is 21.3 Å². The van der Waals surface area contributed by atoms with Crippen molar-refractivity contribution in [3.05, 3.63) is 60.7 Å². The SMILES string of the molecule is CN(N)c1nc(-c2ccccc2)c(-c2ccccc2)[se]1. The molecule has 0 atom stereocenters. The summed E-state index contributed by atoms with van der Waals surface area (Å²) >= 11 is 0.135. The van der Waals surface area contributed by atoms with Gasteiger partial charge in [-0.2, -0.15) is 0 Å². The molecule has 0 spiro atoms. The zero-order valence-corrected chi connectivity index (χ0v) is 12.9. The van der Waals surface area contributed by atoms with Gasteiger partial charge in [0.25, 0.3) is 0 Å². The van der Waals surface area contributed by atoms with E-state index in [0.29, 0.717) is 0 Å². The normalized spacial score (nSPS) is 10.5. The Morgan fingerprint density at radius 3 is 2.00 bits per heavy atom. The topological polar surface area (TPSA) is 42.1 Å². The van der Waals surface area contributed by atoms with E-state index in [1.807, 2.05) is 31.3 Å². The van der Waals surface area contributed by atoms with E-state index in [4.69, 9.17) is 10.8 Å². The van der Waals surface area contributed by atoms with Crippen molar-refractivity contribution in [1.82, 2.24) is 4.98 Å². The summed E-state index contributed by atoms with van der Waals surface area (Å²) in [5, 5.41) is 1.62.